The molecule has 1 saturated carbocycles. The normalized spacial score (nSPS) is 23.7. The molecule has 0 atom stereocenters. The summed E-state index contributed by atoms with van der Waals surface area (Å²) >= 11 is 0. The van der Waals surface area contributed by atoms with Gasteiger partial charge in [-0.1, -0.05) is 0 Å². The van der Waals surface area contributed by atoms with Crippen LogP contribution in [0.5, 0.6) is 0 Å². The van der Waals surface area contributed by atoms with E-state index in [2.05, 4.69) is 15.1 Å². The first-order valence-corrected chi connectivity index (χ1v) is 5.51. The molecule has 1 aliphatic carbocycles. The number of hydrogen-bond donors (Lipinski definition) is 1. The first kappa shape index (κ1) is 9.09. The Morgan fingerprint density at radius 3 is 2.60 bits per heavy atom. The van der Waals surface area contributed by atoms with Crippen molar-refractivity contribution in [3.8, 4) is 0 Å². The standard InChI is InChI=1S/C11H16N4/c1-8-2-5-10(14-13-8)15-6-11(12,7-15)9-3-4-9/h2,5,9H,3-4,6-7,12H2,1H3. The molecule has 80 valence electrons. The van der Waals surface area contributed by atoms with Gasteiger partial charge in [-0.25, -0.2) is 0 Å². The lowest BCUT2D eigenvalue weighted by Crippen LogP contribution is -2.69. The van der Waals surface area contributed by atoms with Crippen LogP contribution in [0.4, 0.5) is 5.82 Å². The van der Waals surface area contributed by atoms with Gasteiger partial charge in [-0.3, -0.25) is 0 Å². The largest absolute Gasteiger partial charge is 0.351 e. The van der Waals surface area contributed by atoms with Crippen LogP contribution < -0.4 is 10.6 Å². The van der Waals surface area contributed by atoms with Gasteiger partial charge in [0.05, 0.1) is 11.2 Å². The number of aromatic nitrogens is 2. The molecule has 1 aromatic heterocycles. The second-order valence-corrected chi connectivity index (χ2v) is 4.90. The van der Waals surface area contributed by atoms with E-state index in [0.29, 0.717) is 0 Å². The minimum absolute atomic E-state index is 0.0621. The summed E-state index contributed by atoms with van der Waals surface area (Å²) in [5.74, 6) is 1.72. The number of anilines is 1. The second-order valence-electron chi connectivity index (χ2n) is 4.90. The van der Waals surface area contributed by atoms with Crippen LogP contribution >= 0.6 is 0 Å². The van der Waals surface area contributed by atoms with Crippen molar-refractivity contribution < 1.29 is 0 Å². The summed E-state index contributed by atoms with van der Waals surface area (Å²) in [7, 11) is 0. The highest BCUT2D eigenvalue weighted by Gasteiger charge is 2.50. The lowest BCUT2D eigenvalue weighted by Gasteiger charge is -2.48. The predicted molar refractivity (Wildman–Crippen MR) is 58.6 cm³/mol. The van der Waals surface area contributed by atoms with Crippen LogP contribution in [0.2, 0.25) is 0 Å². The third-order valence-corrected chi connectivity index (χ3v) is 3.47. The SMILES string of the molecule is Cc1ccc(N2CC(N)(C3CC3)C2)nn1. The number of hydrogen-bond acceptors (Lipinski definition) is 4. The topological polar surface area (TPSA) is 55.0 Å². The lowest BCUT2D eigenvalue weighted by molar-refractivity contribution is 0.288. The Hall–Kier alpha value is -1.16. The molecule has 0 aromatic carbocycles. The first-order chi connectivity index (χ1) is 7.17. The highest BCUT2D eigenvalue weighted by molar-refractivity contribution is 5.44. The van der Waals surface area contributed by atoms with Crippen LogP contribution in [0, 0.1) is 12.8 Å². The molecular formula is C11H16N4. The Bertz CT molecular complexity index is 363. The van der Waals surface area contributed by atoms with Gasteiger partial charge < -0.3 is 10.6 Å². The van der Waals surface area contributed by atoms with Crippen molar-refractivity contribution in [3.63, 3.8) is 0 Å². The highest BCUT2D eigenvalue weighted by atomic mass is 15.3. The number of aryl methyl sites for hydroxylation is 1. The molecule has 0 bridgehead atoms. The van der Waals surface area contributed by atoms with Crippen molar-refractivity contribution in [2.75, 3.05) is 18.0 Å². The van der Waals surface area contributed by atoms with Gasteiger partial charge >= 0.3 is 0 Å². The zero-order chi connectivity index (χ0) is 10.5. The van der Waals surface area contributed by atoms with Crippen molar-refractivity contribution in [2.45, 2.75) is 25.3 Å². The summed E-state index contributed by atoms with van der Waals surface area (Å²) in [4.78, 5) is 2.21. The molecule has 0 unspecified atom stereocenters. The monoisotopic (exact) mass is 204 g/mol. The predicted octanol–water partition coefficient (Wildman–Crippen LogP) is 0.713. The van der Waals surface area contributed by atoms with E-state index in [0.717, 1.165) is 30.5 Å². The molecule has 1 aromatic rings. The zero-order valence-corrected chi connectivity index (χ0v) is 8.98. The van der Waals surface area contributed by atoms with E-state index in [-0.39, 0.29) is 5.54 Å². The minimum Gasteiger partial charge on any atom is -0.351 e. The van der Waals surface area contributed by atoms with Crippen LogP contribution in [-0.2, 0) is 0 Å². The van der Waals surface area contributed by atoms with Crippen molar-refractivity contribution in [1.29, 1.82) is 0 Å². The smallest absolute Gasteiger partial charge is 0.151 e. The van der Waals surface area contributed by atoms with Gasteiger partial charge in [0, 0.05) is 13.1 Å². The maximum atomic E-state index is 6.28. The molecule has 2 fully saturated rings. The van der Waals surface area contributed by atoms with Gasteiger partial charge in [-0.15, -0.1) is 5.10 Å². The molecule has 0 spiro atoms. The molecule has 0 amide bonds. The summed E-state index contributed by atoms with van der Waals surface area (Å²) < 4.78 is 0. The van der Waals surface area contributed by atoms with Gasteiger partial charge in [0.15, 0.2) is 5.82 Å². The second kappa shape index (κ2) is 2.92. The fourth-order valence-corrected chi connectivity index (χ4v) is 2.30. The Labute approximate surface area is 89.5 Å². The molecule has 2 aliphatic rings. The van der Waals surface area contributed by atoms with Crippen LogP contribution in [0.1, 0.15) is 18.5 Å². The Morgan fingerprint density at radius 1 is 1.33 bits per heavy atom. The maximum Gasteiger partial charge on any atom is 0.151 e. The molecular weight excluding hydrogens is 188 g/mol. The molecule has 3 rings (SSSR count). The van der Waals surface area contributed by atoms with E-state index in [1.807, 2.05) is 19.1 Å². The summed E-state index contributed by atoms with van der Waals surface area (Å²) in [6.07, 6.45) is 2.62. The molecule has 4 heteroatoms. The zero-order valence-electron chi connectivity index (χ0n) is 8.98. The summed E-state index contributed by atoms with van der Waals surface area (Å²) in [5.41, 5.74) is 7.30. The van der Waals surface area contributed by atoms with Gasteiger partial charge in [0.25, 0.3) is 0 Å². The van der Waals surface area contributed by atoms with E-state index >= 15 is 0 Å². The third-order valence-electron chi connectivity index (χ3n) is 3.47. The summed E-state index contributed by atoms with van der Waals surface area (Å²) in [6, 6.07) is 4.02. The molecule has 4 nitrogen and oxygen atoms in total. The fourth-order valence-electron chi connectivity index (χ4n) is 2.30. The van der Waals surface area contributed by atoms with Crippen molar-refractivity contribution in [1.82, 2.24) is 10.2 Å². The Morgan fingerprint density at radius 2 is 2.07 bits per heavy atom. The van der Waals surface area contributed by atoms with E-state index in [9.17, 15) is 0 Å². The highest BCUT2D eigenvalue weighted by Crippen LogP contribution is 2.43. The van der Waals surface area contributed by atoms with Gasteiger partial charge in [-0.05, 0) is 37.8 Å². The number of nitrogens with two attached hydrogens (primary N) is 1. The van der Waals surface area contributed by atoms with Crippen molar-refractivity contribution in [2.24, 2.45) is 11.7 Å². The number of rotatable bonds is 2. The lowest BCUT2D eigenvalue weighted by atomic mass is 9.86. The van der Waals surface area contributed by atoms with Gasteiger partial charge in [0.2, 0.25) is 0 Å². The van der Waals surface area contributed by atoms with Crippen LogP contribution in [0.25, 0.3) is 0 Å². The van der Waals surface area contributed by atoms with Crippen molar-refractivity contribution in [3.05, 3.63) is 17.8 Å². The average Bonchev–Trinajstić information content (AvgIpc) is 2.98. The summed E-state index contributed by atoms with van der Waals surface area (Å²) in [6.45, 7) is 3.83. The molecule has 0 radical (unpaired) electrons. The Kier molecular flexibility index (Phi) is 1.77. The number of nitrogens with zero attached hydrogens (tertiary/aromatic N) is 3. The molecule has 1 saturated heterocycles. The van der Waals surface area contributed by atoms with Crippen molar-refractivity contribution >= 4 is 5.82 Å². The summed E-state index contributed by atoms with van der Waals surface area (Å²) in [5, 5.41) is 8.22. The van der Waals surface area contributed by atoms with Crippen LogP contribution in [-0.4, -0.2) is 28.8 Å². The molecule has 15 heavy (non-hydrogen) atoms. The molecule has 1 aliphatic heterocycles. The third kappa shape index (κ3) is 1.49. The minimum atomic E-state index is 0.0621. The van der Waals surface area contributed by atoms with Crippen LogP contribution in [0.3, 0.4) is 0 Å². The van der Waals surface area contributed by atoms with E-state index in [1.54, 1.807) is 0 Å². The average molecular weight is 204 g/mol. The fraction of sp³-hybridized carbons (Fsp3) is 0.636. The molecule has 2 N–H and O–H groups in total. The van der Waals surface area contributed by atoms with Gasteiger partial charge in [-0.2, -0.15) is 5.10 Å². The van der Waals surface area contributed by atoms with Gasteiger partial charge in [0.1, 0.15) is 0 Å². The molecule has 2 heterocycles. The van der Waals surface area contributed by atoms with Crippen LogP contribution in [0.15, 0.2) is 12.1 Å². The first-order valence-electron chi connectivity index (χ1n) is 5.51. The van der Waals surface area contributed by atoms with E-state index < -0.39 is 0 Å². The van der Waals surface area contributed by atoms with E-state index in [1.165, 1.54) is 12.8 Å². The Balaban J connectivity index is 1.69. The quantitative estimate of drug-likeness (QED) is 0.771. The maximum absolute atomic E-state index is 6.28. The van der Waals surface area contributed by atoms with E-state index in [4.69, 9.17) is 5.73 Å².